The SMILES string of the molecule is CCCNC(=O)[C@H](C)N(Cc1ccc(OC)cc1)C(=O)COc1ccc(CC)cc1. The molecule has 0 heterocycles. The number of methoxy groups -OCH3 is 1. The van der Waals surface area contributed by atoms with Crippen molar-refractivity contribution in [2.45, 2.75) is 46.2 Å². The molecule has 6 nitrogen and oxygen atoms in total. The number of hydrogen-bond acceptors (Lipinski definition) is 4. The summed E-state index contributed by atoms with van der Waals surface area (Å²) in [4.78, 5) is 27.0. The van der Waals surface area contributed by atoms with Crippen molar-refractivity contribution in [3.05, 3.63) is 59.7 Å². The van der Waals surface area contributed by atoms with E-state index in [1.165, 1.54) is 5.56 Å². The topological polar surface area (TPSA) is 67.9 Å². The third kappa shape index (κ3) is 6.79. The second-order valence-corrected chi connectivity index (χ2v) is 7.12. The number of hydrogen-bond donors (Lipinski definition) is 1. The molecule has 0 saturated carbocycles. The van der Waals surface area contributed by atoms with Gasteiger partial charge in [-0.2, -0.15) is 0 Å². The summed E-state index contributed by atoms with van der Waals surface area (Å²) in [5.74, 6) is 0.952. The van der Waals surface area contributed by atoms with Crippen LogP contribution in [0.15, 0.2) is 48.5 Å². The first-order valence-electron chi connectivity index (χ1n) is 10.4. The summed E-state index contributed by atoms with van der Waals surface area (Å²) < 4.78 is 10.9. The van der Waals surface area contributed by atoms with Gasteiger partial charge in [-0.3, -0.25) is 9.59 Å². The lowest BCUT2D eigenvalue weighted by Crippen LogP contribution is -2.49. The van der Waals surface area contributed by atoms with E-state index in [-0.39, 0.29) is 18.4 Å². The molecule has 0 aliphatic carbocycles. The maximum absolute atomic E-state index is 13.0. The van der Waals surface area contributed by atoms with Crippen LogP contribution < -0.4 is 14.8 Å². The van der Waals surface area contributed by atoms with Crippen LogP contribution in [0.5, 0.6) is 11.5 Å². The fourth-order valence-corrected chi connectivity index (χ4v) is 2.96. The summed E-state index contributed by atoms with van der Waals surface area (Å²) in [6.07, 6.45) is 1.78. The summed E-state index contributed by atoms with van der Waals surface area (Å²) in [5.41, 5.74) is 2.11. The molecule has 0 saturated heterocycles. The third-order valence-corrected chi connectivity index (χ3v) is 4.92. The van der Waals surface area contributed by atoms with Crippen LogP contribution in [0, 0.1) is 0 Å². The number of ether oxygens (including phenoxy) is 2. The number of aryl methyl sites for hydroxylation is 1. The van der Waals surface area contributed by atoms with Gasteiger partial charge in [0.25, 0.3) is 5.91 Å². The zero-order valence-corrected chi connectivity index (χ0v) is 18.3. The Morgan fingerprint density at radius 3 is 2.13 bits per heavy atom. The van der Waals surface area contributed by atoms with E-state index in [9.17, 15) is 9.59 Å². The smallest absolute Gasteiger partial charge is 0.261 e. The molecule has 2 aromatic rings. The zero-order chi connectivity index (χ0) is 21.9. The molecule has 2 rings (SSSR count). The van der Waals surface area contributed by atoms with E-state index in [1.807, 2.05) is 55.5 Å². The summed E-state index contributed by atoms with van der Waals surface area (Å²) in [5, 5.41) is 2.86. The molecule has 162 valence electrons. The molecule has 30 heavy (non-hydrogen) atoms. The highest BCUT2D eigenvalue weighted by atomic mass is 16.5. The Labute approximate surface area is 179 Å². The van der Waals surface area contributed by atoms with E-state index in [2.05, 4.69) is 12.2 Å². The Balaban J connectivity index is 2.10. The Bertz CT molecular complexity index is 803. The van der Waals surface area contributed by atoms with Gasteiger partial charge in [0.05, 0.1) is 7.11 Å². The van der Waals surface area contributed by atoms with Crippen molar-refractivity contribution in [3.8, 4) is 11.5 Å². The van der Waals surface area contributed by atoms with E-state index >= 15 is 0 Å². The maximum Gasteiger partial charge on any atom is 0.261 e. The van der Waals surface area contributed by atoms with Gasteiger partial charge in [0.15, 0.2) is 6.61 Å². The van der Waals surface area contributed by atoms with Crippen molar-refractivity contribution < 1.29 is 19.1 Å². The highest BCUT2D eigenvalue weighted by Gasteiger charge is 2.26. The summed E-state index contributed by atoms with van der Waals surface area (Å²) in [7, 11) is 1.61. The minimum absolute atomic E-state index is 0.132. The minimum atomic E-state index is -0.614. The molecule has 0 unspecified atom stereocenters. The summed E-state index contributed by atoms with van der Waals surface area (Å²) in [6.45, 7) is 6.56. The van der Waals surface area contributed by atoms with Crippen LogP contribution in [-0.2, 0) is 22.6 Å². The molecule has 1 N–H and O–H groups in total. The zero-order valence-electron chi connectivity index (χ0n) is 18.3. The molecule has 0 spiro atoms. The van der Waals surface area contributed by atoms with Gasteiger partial charge in [0.2, 0.25) is 5.91 Å². The van der Waals surface area contributed by atoms with Crippen molar-refractivity contribution in [2.24, 2.45) is 0 Å². The number of nitrogens with zero attached hydrogens (tertiary/aromatic N) is 1. The van der Waals surface area contributed by atoms with Gasteiger partial charge < -0.3 is 19.7 Å². The van der Waals surface area contributed by atoms with E-state index in [4.69, 9.17) is 9.47 Å². The van der Waals surface area contributed by atoms with Gasteiger partial charge >= 0.3 is 0 Å². The second-order valence-electron chi connectivity index (χ2n) is 7.12. The first-order valence-corrected chi connectivity index (χ1v) is 10.4. The molecular formula is C24H32N2O4. The van der Waals surface area contributed by atoms with Crippen LogP contribution >= 0.6 is 0 Å². The van der Waals surface area contributed by atoms with Crippen LogP contribution in [0.1, 0.15) is 38.3 Å². The monoisotopic (exact) mass is 412 g/mol. The van der Waals surface area contributed by atoms with E-state index in [0.29, 0.717) is 18.8 Å². The first kappa shape index (κ1) is 23.3. The Kier molecular flexibility index (Phi) is 9.19. The van der Waals surface area contributed by atoms with Gasteiger partial charge in [-0.05, 0) is 55.2 Å². The predicted octanol–water partition coefficient (Wildman–Crippen LogP) is 3.58. The molecular weight excluding hydrogens is 380 g/mol. The Hall–Kier alpha value is -3.02. The number of carbonyl (C=O) groups excluding carboxylic acids is 2. The van der Waals surface area contributed by atoms with Crippen LogP contribution in [-0.4, -0.2) is 43.0 Å². The molecule has 1 atom stereocenters. The molecule has 0 aliphatic rings. The van der Waals surface area contributed by atoms with Crippen molar-refractivity contribution >= 4 is 11.8 Å². The van der Waals surface area contributed by atoms with Crippen molar-refractivity contribution in [1.82, 2.24) is 10.2 Å². The number of rotatable bonds is 11. The Morgan fingerprint density at radius 2 is 1.57 bits per heavy atom. The molecule has 0 fully saturated rings. The standard InChI is InChI=1S/C24H32N2O4/c1-5-15-25-24(28)18(3)26(16-20-9-11-21(29-4)12-10-20)23(27)17-30-22-13-7-19(6-2)8-14-22/h7-14,18H,5-6,15-17H2,1-4H3,(H,25,28)/t18-/m0/s1. The third-order valence-electron chi connectivity index (χ3n) is 4.92. The Morgan fingerprint density at radius 1 is 0.967 bits per heavy atom. The van der Waals surface area contributed by atoms with E-state index in [0.717, 1.165) is 24.2 Å². The summed E-state index contributed by atoms with van der Waals surface area (Å²) >= 11 is 0. The molecule has 0 radical (unpaired) electrons. The second kappa shape index (κ2) is 11.9. The van der Waals surface area contributed by atoms with Crippen LogP contribution in [0.4, 0.5) is 0 Å². The van der Waals surface area contributed by atoms with Gasteiger partial charge in [0.1, 0.15) is 17.5 Å². The fraction of sp³-hybridized carbons (Fsp3) is 0.417. The highest BCUT2D eigenvalue weighted by Crippen LogP contribution is 2.16. The van der Waals surface area contributed by atoms with Crippen LogP contribution in [0.2, 0.25) is 0 Å². The number of amides is 2. The molecule has 2 aromatic carbocycles. The van der Waals surface area contributed by atoms with Crippen molar-refractivity contribution in [2.75, 3.05) is 20.3 Å². The van der Waals surface area contributed by atoms with Gasteiger partial charge in [-0.1, -0.05) is 38.1 Å². The average Bonchev–Trinajstić information content (AvgIpc) is 2.79. The minimum Gasteiger partial charge on any atom is -0.497 e. The van der Waals surface area contributed by atoms with Crippen LogP contribution in [0.25, 0.3) is 0 Å². The highest BCUT2D eigenvalue weighted by molar-refractivity contribution is 5.87. The van der Waals surface area contributed by atoms with Crippen LogP contribution in [0.3, 0.4) is 0 Å². The number of carbonyl (C=O) groups is 2. The van der Waals surface area contributed by atoms with E-state index < -0.39 is 6.04 Å². The quantitative estimate of drug-likeness (QED) is 0.613. The average molecular weight is 413 g/mol. The normalized spacial score (nSPS) is 11.5. The maximum atomic E-state index is 13.0. The molecule has 6 heteroatoms. The lowest BCUT2D eigenvalue weighted by Gasteiger charge is -2.28. The van der Waals surface area contributed by atoms with Gasteiger partial charge in [0, 0.05) is 13.1 Å². The lowest BCUT2D eigenvalue weighted by molar-refractivity contribution is -0.142. The number of nitrogens with one attached hydrogen (secondary N) is 1. The van der Waals surface area contributed by atoms with E-state index in [1.54, 1.807) is 18.9 Å². The molecule has 0 aromatic heterocycles. The largest absolute Gasteiger partial charge is 0.497 e. The molecule has 2 amide bonds. The fourth-order valence-electron chi connectivity index (χ4n) is 2.96. The molecule has 0 bridgehead atoms. The van der Waals surface area contributed by atoms with Crippen molar-refractivity contribution in [3.63, 3.8) is 0 Å². The predicted molar refractivity (Wildman–Crippen MR) is 118 cm³/mol. The summed E-state index contributed by atoms with van der Waals surface area (Å²) in [6, 6.07) is 14.5. The first-order chi connectivity index (χ1) is 14.5. The lowest BCUT2D eigenvalue weighted by atomic mass is 10.1. The van der Waals surface area contributed by atoms with Gasteiger partial charge in [-0.25, -0.2) is 0 Å². The molecule has 0 aliphatic heterocycles. The van der Waals surface area contributed by atoms with Crippen molar-refractivity contribution in [1.29, 1.82) is 0 Å². The number of benzene rings is 2. The van der Waals surface area contributed by atoms with Gasteiger partial charge in [-0.15, -0.1) is 0 Å².